The monoisotopic (exact) mass is 624 g/mol. The van der Waals surface area contributed by atoms with Gasteiger partial charge in [-0.25, -0.2) is 4.79 Å². The maximum atomic E-state index is 12.9. The molecule has 7 heteroatoms. The SMILES string of the molecule is Cc1nc(C)c(C(OC(C)(C)C)C(=O)O)c(-c2ccc3c(c2)CCCO3)c1-c1ccc2c(c1)CCN(Cc1ccccc1Cl)C2. The Bertz CT molecular complexity index is 1760. The van der Waals surface area contributed by atoms with Crippen molar-refractivity contribution >= 4 is 17.6 Å². The third kappa shape index (κ3) is 6.64. The molecule has 2 aliphatic rings. The van der Waals surface area contributed by atoms with Gasteiger partial charge in [-0.1, -0.05) is 54.1 Å². The van der Waals surface area contributed by atoms with Gasteiger partial charge in [0, 0.05) is 47.2 Å². The van der Waals surface area contributed by atoms with E-state index < -0.39 is 17.7 Å². The second kappa shape index (κ2) is 12.6. The van der Waals surface area contributed by atoms with Gasteiger partial charge in [-0.2, -0.15) is 0 Å². The Labute approximate surface area is 271 Å². The number of hydrogen-bond donors (Lipinski definition) is 1. The van der Waals surface area contributed by atoms with Gasteiger partial charge in [-0.15, -0.1) is 0 Å². The predicted octanol–water partition coefficient (Wildman–Crippen LogP) is 8.51. The Morgan fingerprint density at radius 3 is 2.47 bits per heavy atom. The highest BCUT2D eigenvalue weighted by molar-refractivity contribution is 6.31. The number of aryl methyl sites for hydroxylation is 3. The van der Waals surface area contributed by atoms with Crippen molar-refractivity contribution in [3.05, 3.63) is 105 Å². The number of benzene rings is 3. The average Bonchev–Trinajstić information content (AvgIpc) is 3.00. The lowest BCUT2D eigenvalue weighted by atomic mass is 9.84. The minimum absolute atomic E-state index is 0.596. The minimum atomic E-state index is -1.19. The molecule has 4 aromatic rings. The van der Waals surface area contributed by atoms with E-state index in [9.17, 15) is 9.90 Å². The number of carboxylic acids is 1. The lowest BCUT2D eigenvalue weighted by Crippen LogP contribution is -2.30. The summed E-state index contributed by atoms with van der Waals surface area (Å²) in [5, 5.41) is 11.3. The van der Waals surface area contributed by atoms with Gasteiger partial charge in [0.1, 0.15) is 5.75 Å². The van der Waals surface area contributed by atoms with Gasteiger partial charge in [0.25, 0.3) is 0 Å². The van der Waals surface area contributed by atoms with Crippen molar-refractivity contribution in [2.45, 2.75) is 78.7 Å². The van der Waals surface area contributed by atoms with Crippen LogP contribution in [-0.2, 0) is 35.5 Å². The number of rotatable bonds is 7. The van der Waals surface area contributed by atoms with E-state index in [0.29, 0.717) is 17.9 Å². The number of halogens is 1. The van der Waals surface area contributed by atoms with E-state index in [-0.39, 0.29) is 0 Å². The molecule has 0 saturated carbocycles. The molecule has 3 heterocycles. The predicted molar refractivity (Wildman–Crippen MR) is 179 cm³/mol. The molecule has 1 atom stereocenters. The first kappa shape index (κ1) is 31.3. The molecule has 0 saturated heterocycles. The highest BCUT2D eigenvalue weighted by Gasteiger charge is 2.34. The molecule has 0 amide bonds. The molecular formula is C38H41ClN2O4. The number of carbonyl (C=O) groups is 1. The van der Waals surface area contributed by atoms with Crippen LogP contribution in [0.5, 0.6) is 5.75 Å². The van der Waals surface area contributed by atoms with Crippen LogP contribution in [0.2, 0.25) is 5.02 Å². The molecule has 0 fully saturated rings. The van der Waals surface area contributed by atoms with E-state index in [1.54, 1.807) is 0 Å². The fourth-order valence-corrected chi connectivity index (χ4v) is 6.91. The quantitative estimate of drug-likeness (QED) is 0.222. The largest absolute Gasteiger partial charge is 0.493 e. The van der Waals surface area contributed by atoms with Gasteiger partial charge in [-0.3, -0.25) is 9.88 Å². The zero-order valence-corrected chi connectivity index (χ0v) is 27.5. The van der Waals surface area contributed by atoms with Crippen LogP contribution in [0, 0.1) is 13.8 Å². The topological polar surface area (TPSA) is 71.9 Å². The third-order valence-corrected chi connectivity index (χ3v) is 9.07. The maximum absolute atomic E-state index is 12.9. The van der Waals surface area contributed by atoms with E-state index in [1.807, 2.05) is 65.0 Å². The van der Waals surface area contributed by atoms with Crippen LogP contribution < -0.4 is 4.74 Å². The molecule has 45 heavy (non-hydrogen) atoms. The van der Waals surface area contributed by atoms with Crippen LogP contribution >= 0.6 is 11.6 Å². The standard InChI is InChI=1S/C38H41ClN2O4/c1-23-33(27-12-13-29-21-41(17-16-25(29)19-27)22-30-9-6-7-11-31(30)39)35(28-14-15-32-26(20-28)10-8-18-44-32)34(24(2)40-23)36(37(42)43)45-38(3,4)5/h6-7,9,11-15,19-20,36H,8,10,16-18,21-22H2,1-5H3,(H,42,43). The Balaban J connectivity index is 1.47. The van der Waals surface area contributed by atoms with E-state index in [2.05, 4.69) is 35.2 Å². The van der Waals surface area contributed by atoms with Crippen molar-refractivity contribution < 1.29 is 19.4 Å². The minimum Gasteiger partial charge on any atom is -0.493 e. The lowest BCUT2D eigenvalue weighted by molar-refractivity contribution is -0.160. The molecule has 234 valence electrons. The Morgan fingerprint density at radius 1 is 0.978 bits per heavy atom. The smallest absolute Gasteiger partial charge is 0.337 e. The first-order valence-electron chi connectivity index (χ1n) is 15.7. The summed E-state index contributed by atoms with van der Waals surface area (Å²) in [7, 11) is 0. The van der Waals surface area contributed by atoms with E-state index in [4.69, 9.17) is 26.1 Å². The fraction of sp³-hybridized carbons (Fsp3) is 0.368. The van der Waals surface area contributed by atoms with Gasteiger partial charge >= 0.3 is 5.97 Å². The Morgan fingerprint density at radius 2 is 1.71 bits per heavy atom. The molecule has 3 aromatic carbocycles. The highest BCUT2D eigenvalue weighted by Crippen LogP contribution is 2.44. The summed E-state index contributed by atoms with van der Waals surface area (Å²) in [4.78, 5) is 20.2. The van der Waals surface area contributed by atoms with Gasteiger partial charge < -0.3 is 14.6 Å². The zero-order valence-electron chi connectivity index (χ0n) is 26.7. The maximum Gasteiger partial charge on any atom is 0.337 e. The number of carboxylic acid groups (broad SMARTS) is 1. The van der Waals surface area contributed by atoms with Gasteiger partial charge in [-0.05, 0) is 111 Å². The lowest BCUT2D eigenvalue weighted by Gasteiger charge is -2.31. The number of nitrogens with zero attached hydrogens (tertiary/aromatic N) is 2. The average molecular weight is 625 g/mol. The molecule has 6 rings (SSSR count). The Hall–Kier alpha value is -3.71. The molecule has 1 aromatic heterocycles. The molecular weight excluding hydrogens is 584 g/mol. The van der Waals surface area contributed by atoms with Crippen LogP contribution in [0.15, 0.2) is 60.7 Å². The van der Waals surface area contributed by atoms with Crippen LogP contribution in [-0.4, -0.2) is 39.7 Å². The first-order chi connectivity index (χ1) is 21.5. The molecule has 2 aliphatic heterocycles. The number of pyridine rings is 1. The van der Waals surface area contributed by atoms with Crippen molar-refractivity contribution in [1.82, 2.24) is 9.88 Å². The van der Waals surface area contributed by atoms with Crippen molar-refractivity contribution in [2.75, 3.05) is 13.2 Å². The van der Waals surface area contributed by atoms with Crippen LogP contribution in [0.4, 0.5) is 0 Å². The third-order valence-electron chi connectivity index (χ3n) is 8.70. The summed E-state index contributed by atoms with van der Waals surface area (Å²) >= 11 is 6.47. The van der Waals surface area contributed by atoms with Crippen LogP contribution in [0.1, 0.15) is 72.5 Å². The number of ether oxygens (including phenoxy) is 2. The zero-order chi connectivity index (χ0) is 31.9. The van der Waals surface area contributed by atoms with E-state index in [0.717, 1.165) is 88.7 Å². The highest BCUT2D eigenvalue weighted by atomic mass is 35.5. The van der Waals surface area contributed by atoms with Crippen LogP contribution in [0.3, 0.4) is 0 Å². The number of aromatic nitrogens is 1. The molecule has 6 nitrogen and oxygen atoms in total. The van der Waals surface area contributed by atoms with Crippen molar-refractivity contribution in [3.8, 4) is 28.0 Å². The molecule has 0 bridgehead atoms. The Kier molecular flexibility index (Phi) is 8.75. The normalized spacial score (nSPS) is 15.6. The fourth-order valence-electron chi connectivity index (χ4n) is 6.71. The summed E-state index contributed by atoms with van der Waals surface area (Å²) in [6.07, 6.45) is 1.60. The summed E-state index contributed by atoms with van der Waals surface area (Å²) in [5.74, 6) is -0.136. The second-order valence-corrected chi connectivity index (χ2v) is 13.6. The molecule has 0 radical (unpaired) electrons. The molecule has 0 spiro atoms. The van der Waals surface area contributed by atoms with Crippen molar-refractivity contribution in [2.24, 2.45) is 0 Å². The number of aliphatic carboxylic acids is 1. The number of fused-ring (bicyclic) bond motifs is 2. The van der Waals surface area contributed by atoms with Gasteiger partial charge in [0.05, 0.1) is 12.2 Å². The van der Waals surface area contributed by atoms with Crippen molar-refractivity contribution in [1.29, 1.82) is 0 Å². The summed E-state index contributed by atoms with van der Waals surface area (Å²) in [5.41, 5.74) is 10.1. The first-order valence-corrected chi connectivity index (χ1v) is 16.1. The van der Waals surface area contributed by atoms with Gasteiger partial charge in [0.15, 0.2) is 6.10 Å². The molecule has 1 N–H and O–H groups in total. The van der Waals surface area contributed by atoms with Gasteiger partial charge in [0.2, 0.25) is 0 Å². The van der Waals surface area contributed by atoms with E-state index >= 15 is 0 Å². The molecule has 1 unspecified atom stereocenters. The second-order valence-electron chi connectivity index (χ2n) is 13.2. The van der Waals surface area contributed by atoms with E-state index in [1.165, 1.54) is 11.1 Å². The summed E-state index contributed by atoms with van der Waals surface area (Å²) in [6.45, 7) is 12.8. The van der Waals surface area contributed by atoms with Crippen LogP contribution in [0.25, 0.3) is 22.3 Å². The number of hydrogen-bond acceptors (Lipinski definition) is 5. The molecule has 0 aliphatic carbocycles. The summed E-state index contributed by atoms with van der Waals surface area (Å²) in [6, 6.07) is 20.9. The summed E-state index contributed by atoms with van der Waals surface area (Å²) < 4.78 is 12.2. The van der Waals surface area contributed by atoms with Crippen molar-refractivity contribution in [3.63, 3.8) is 0 Å².